The Morgan fingerprint density at radius 3 is 2.33 bits per heavy atom. The van der Waals surface area contributed by atoms with Gasteiger partial charge in [0.15, 0.2) is 0 Å². The van der Waals surface area contributed by atoms with E-state index in [2.05, 4.69) is 0 Å². The highest BCUT2D eigenvalue weighted by Crippen LogP contribution is 2.14. The summed E-state index contributed by atoms with van der Waals surface area (Å²) in [5.41, 5.74) is 0.509. The zero-order valence-corrected chi connectivity index (χ0v) is 7.58. The summed E-state index contributed by atoms with van der Waals surface area (Å²) in [5.74, 6) is -1.88. The molecule has 5 heteroatoms. The number of carboxylic acids is 2. The van der Waals surface area contributed by atoms with Gasteiger partial charge in [-0.15, -0.1) is 0 Å². The summed E-state index contributed by atoms with van der Waals surface area (Å²) in [6.45, 7) is 0. The van der Waals surface area contributed by atoms with Crippen LogP contribution in [0.25, 0.3) is 12.2 Å². The van der Waals surface area contributed by atoms with Crippen LogP contribution in [0, 0.1) is 0 Å². The molecule has 0 aliphatic carbocycles. The quantitative estimate of drug-likeness (QED) is 0.731. The fourth-order valence-electron chi connectivity index (χ4n) is 0.912. The molecule has 0 aliphatic heterocycles. The summed E-state index contributed by atoms with van der Waals surface area (Å²) in [7, 11) is 0. The van der Waals surface area contributed by atoms with Crippen molar-refractivity contribution in [1.82, 2.24) is 0 Å². The molecule has 15 heavy (non-hydrogen) atoms. The maximum absolute atomic E-state index is 10.2. The fraction of sp³-hybridized carbons (Fsp3) is 0. The van der Waals surface area contributed by atoms with Gasteiger partial charge in [-0.05, 0) is 18.2 Å². The lowest BCUT2D eigenvalue weighted by Crippen LogP contribution is -1.87. The van der Waals surface area contributed by atoms with Gasteiger partial charge in [-0.3, -0.25) is 0 Å². The summed E-state index contributed by atoms with van der Waals surface area (Å²) in [5, 5.41) is 16.8. The van der Waals surface area contributed by atoms with E-state index < -0.39 is 11.9 Å². The first-order valence-electron chi connectivity index (χ1n) is 3.99. The van der Waals surface area contributed by atoms with Crippen LogP contribution in [0.5, 0.6) is 0 Å². The molecule has 1 rings (SSSR count). The number of rotatable bonds is 4. The minimum absolute atomic E-state index is 0.301. The van der Waals surface area contributed by atoms with E-state index in [1.165, 1.54) is 18.4 Å². The Kier molecular flexibility index (Phi) is 3.45. The highest BCUT2D eigenvalue weighted by Gasteiger charge is 2.00. The Balaban J connectivity index is 2.87. The highest BCUT2D eigenvalue weighted by molar-refractivity contribution is 5.88. The second kappa shape index (κ2) is 4.80. The monoisotopic (exact) mass is 208 g/mol. The number of hydrogen-bond acceptors (Lipinski definition) is 3. The summed E-state index contributed by atoms with van der Waals surface area (Å²) >= 11 is 0. The van der Waals surface area contributed by atoms with Gasteiger partial charge in [-0.25, -0.2) is 9.59 Å². The van der Waals surface area contributed by atoms with Gasteiger partial charge in [-0.1, -0.05) is 0 Å². The van der Waals surface area contributed by atoms with E-state index in [1.54, 1.807) is 6.07 Å². The average Bonchev–Trinajstić information content (AvgIpc) is 2.58. The minimum Gasteiger partial charge on any atom is -0.478 e. The van der Waals surface area contributed by atoms with Crippen LogP contribution in [0.1, 0.15) is 11.3 Å². The zero-order valence-electron chi connectivity index (χ0n) is 7.58. The standard InChI is InChI=1S/C10H8O5/c11-9(12)3-1-7-5-6-15-8(7)2-4-10(13)14/h1-6H,(H,11,12)(H,13,14). The first-order valence-corrected chi connectivity index (χ1v) is 3.99. The molecule has 0 unspecified atom stereocenters. The van der Waals surface area contributed by atoms with Crippen LogP contribution in [0.2, 0.25) is 0 Å². The zero-order chi connectivity index (χ0) is 11.3. The molecule has 5 nitrogen and oxygen atoms in total. The van der Waals surface area contributed by atoms with E-state index in [4.69, 9.17) is 14.6 Å². The van der Waals surface area contributed by atoms with Crippen molar-refractivity contribution in [3.63, 3.8) is 0 Å². The molecule has 2 N–H and O–H groups in total. The normalized spacial score (nSPS) is 11.2. The number of carboxylic acid groups (broad SMARTS) is 2. The van der Waals surface area contributed by atoms with Gasteiger partial charge in [0.1, 0.15) is 5.76 Å². The Bertz CT molecular complexity index is 386. The van der Waals surface area contributed by atoms with Crippen molar-refractivity contribution in [2.24, 2.45) is 0 Å². The lowest BCUT2D eigenvalue weighted by molar-refractivity contribution is -0.132. The number of hydrogen-bond donors (Lipinski definition) is 2. The van der Waals surface area contributed by atoms with Crippen LogP contribution < -0.4 is 0 Å². The molecule has 1 aromatic heterocycles. The van der Waals surface area contributed by atoms with E-state index in [-0.39, 0.29) is 0 Å². The van der Waals surface area contributed by atoms with Crippen molar-refractivity contribution in [2.45, 2.75) is 0 Å². The molecule has 1 heterocycles. The van der Waals surface area contributed by atoms with Gasteiger partial charge in [-0.2, -0.15) is 0 Å². The third kappa shape index (κ3) is 3.51. The third-order valence-electron chi connectivity index (χ3n) is 1.51. The second-order valence-electron chi connectivity index (χ2n) is 2.58. The fourth-order valence-corrected chi connectivity index (χ4v) is 0.912. The topological polar surface area (TPSA) is 87.7 Å². The van der Waals surface area contributed by atoms with Gasteiger partial charge in [0.05, 0.1) is 6.26 Å². The molecular weight excluding hydrogens is 200 g/mol. The SMILES string of the molecule is O=C(O)C=Cc1ccoc1C=CC(=O)O. The molecule has 0 atom stereocenters. The van der Waals surface area contributed by atoms with Gasteiger partial charge < -0.3 is 14.6 Å². The van der Waals surface area contributed by atoms with Crippen LogP contribution in [-0.4, -0.2) is 22.2 Å². The molecule has 0 spiro atoms. The van der Waals surface area contributed by atoms with Crippen LogP contribution >= 0.6 is 0 Å². The molecule has 78 valence electrons. The molecule has 0 amide bonds. The van der Waals surface area contributed by atoms with Crippen molar-refractivity contribution in [3.8, 4) is 0 Å². The Hall–Kier alpha value is -2.30. The summed E-state index contributed by atoms with van der Waals surface area (Å²) in [6.07, 6.45) is 5.79. The van der Waals surface area contributed by atoms with Crippen molar-refractivity contribution in [2.75, 3.05) is 0 Å². The Morgan fingerprint density at radius 2 is 1.73 bits per heavy atom. The summed E-state index contributed by atoms with van der Waals surface area (Å²) in [4.78, 5) is 20.5. The van der Waals surface area contributed by atoms with E-state index >= 15 is 0 Å². The molecule has 1 aromatic rings. The first kappa shape index (κ1) is 10.8. The first-order chi connectivity index (χ1) is 7.09. The molecular formula is C10H8O5. The largest absolute Gasteiger partial charge is 0.478 e. The predicted octanol–water partition coefficient (Wildman–Crippen LogP) is 1.48. The van der Waals surface area contributed by atoms with Gasteiger partial charge in [0, 0.05) is 17.7 Å². The summed E-state index contributed by atoms with van der Waals surface area (Å²) < 4.78 is 4.95. The van der Waals surface area contributed by atoms with Crippen LogP contribution in [0.3, 0.4) is 0 Å². The van der Waals surface area contributed by atoms with Crippen LogP contribution in [0.4, 0.5) is 0 Å². The van der Waals surface area contributed by atoms with Crippen molar-refractivity contribution in [3.05, 3.63) is 35.8 Å². The average molecular weight is 208 g/mol. The predicted molar refractivity (Wildman–Crippen MR) is 52.0 cm³/mol. The van der Waals surface area contributed by atoms with Crippen molar-refractivity contribution < 1.29 is 24.2 Å². The summed E-state index contributed by atoms with van der Waals surface area (Å²) in [6, 6.07) is 1.54. The number of carbonyl (C=O) groups is 2. The van der Waals surface area contributed by atoms with Gasteiger partial charge >= 0.3 is 11.9 Å². The molecule has 0 bridgehead atoms. The van der Waals surface area contributed by atoms with Crippen LogP contribution in [0.15, 0.2) is 28.9 Å². The minimum atomic E-state index is -1.10. The molecule has 0 fully saturated rings. The molecule has 0 saturated heterocycles. The molecule has 0 radical (unpaired) electrons. The number of aliphatic carboxylic acids is 2. The second-order valence-corrected chi connectivity index (χ2v) is 2.58. The van der Waals surface area contributed by atoms with Crippen molar-refractivity contribution >= 4 is 24.1 Å². The van der Waals surface area contributed by atoms with E-state index in [9.17, 15) is 9.59 Å². The van der Waals surface area contributed by atoms with E-state index in [0.717, 1.165) is 12.2 Å². The molecule has 0 aromatic carbocycles. The maximum Gasteiger partial charge on any atom is 0.328 e. The van der Waals surface area contributed by atoms with Gasteiger partial charge in [0.25, 0.3) is 0 Å². The smallest absolute Gasteiger partial charge is 0.328 e. The van der Waals surface area contributed by atoms with Gasteiger partial charge in [0.2, 0.25) is 0 Å². The molecule has 0 aliphatic rings. The highest BCUT2D eigenvalue weighted by atomic mass is 16.4. The Labute approximate surface area is 84.9 Å². The maximum atomic E-state index is 10.2. The van der Waals surface area contributed by atoms with Crippen LogP contribution in [-0.2, 0) is 9.59 Å². The third-order valence-corrected chi connectivity index (χ3v) is 1.51. The molecule has 0 saturated carbocycles. The van der Waals surface area contributed by atoms with Crippen molar-refractivity contribution in [1.29, 1.82) is 0 Å². The lowest BCUT2D eigenvalue weighted by atomic mass is 10.2. The lowest BCUT2D eigenvalue weighted by Gasteiger charge is -1.88. The van der Waals surface area contributed by atoms with E-state index in [1.807, 2.05) is 0 Å². The Morgan fingerprint density at radius 1 is 1.13 bits per heavy atom. The van der Waals surface area contributed by atoms with E-state index in [0.29, 0.717) is 11.3 Å². The number of furan rings is 1.